The summed E-state index contributed by atoms with van der Waals surface area (Å²) < 4.78 is 23.0. The largest absolute Gasteiger partial charge is 0.462 e. The highest BCUT2D eigenvalue weighted by molar-refractivity contribution is 7.80. The second-order valence-electron chi connectivity index (χ2n) is 5.67. The third kappa shape index (κ3) is 6.31. The van der Waals surface area contributed by atoms with Crippen molar-refractivity contribution in [1.82, 2.24) is 5.32 Å². The Hall–Kier alpha value is -3.00. The first-order chi connectivity index (χ1) is 13.4. The summed E-state index contributed by atoms with van der Waals surface area (Å²) in [6.45, 7) is 4.20. The average Bonchev–Trinajstić information content (AvgIpc) is 2.67. The van der Waals surface area contributed by atoms with Gasteiger partial charge in [0.25, 0.3) is 0 Å². The summed E-state index contributed by atoms with van der Waals surface area (Å²) in [7, 11) is 0. The number of benzene rings is 2. The summed E-state index contributed by atoms with van der Waals surface area (Å²) in [5.74, 6) is -1.42. The molecule has 0 amide bonds. The van der Waals surface area contributed by atoms with Crippen LogP contribution in [0.4, 0.5) is 10.1 Å². The van der Waals surface area contributed by atoms with Gasteiger partial charge in [-0.05, 0) is 62.0 Å². The Morgan fingerprint density at radius 1 is 0.964 bits per heavy atom. The number of ether oxygens (including phenoxy) is 2. The van der Waals surface area contributed by atoms with Crippen LogP contribution in [0.1, 0.15) is 40.1 Å². The van der Waals surface area contributed by atoms with Gasteiger partial charge in [-0.1, -0.05) is 12.1 Å². The van der Waals surface area contributed by atoms with Crippen molar-refractivity contribution in [3.63, 3.8) is 0 Å². The summed E-state index contributed by atoms with van der Waals surface area (Å²) in [6, 6.07) is 10.5. The Balaban J connectivity index is 2.13. The lowest BCUT2D eigenvalue weighted by Gasteiger charge is -2.13. The molecule has 148 valence electrons. The standard InChI is InChI=1S/C20H21FN2O4S/c1-3-26-18(24)14-9-15(19(25)27-4-2)11-17(10-14)23-20(28)22-12-13-5-7-16(21)8-6-13/h5-11H,3-4,12H2,1-2H3,(H2,22,23,28). The van der Waals surface area contributed by atoms with Gasteiger partial charge in [0, 0.05) is 12.2 Å². The number of hydrogen-bond donors (Lipinski definition) is 2. The molecule has 2 aromatic carbocycles. The van der Waals surface area contributed by atoms with Crippen molar-refractivity contribution in [2.75, 3.05) is 18.5 Å². The fraction of sp³-hybridized carbons (Fsp3) is 0.250. The molecule has 0 atom stereocenters. The van der Waals surface area contributed by atoms with Gasteiger partial charge in [0.15, 0.2) is 5.11 Å². The smallest absolute Gasteiger partial charge is 0.338 e. The second-order valence-corrected chi connectivity index (χ2v) is 6.08. The molecule has 2 rings (SSSR count). The highest BCUT2D eigenvalue weighted by Crippen LogP contribution is 2.17. The number of carbonyl (C=O) groups is 2. The molecule has 0 radical (unpaired) electrons. The molecule has 0 unspecified atom stereocenters. The first-order valence-electron chi connectivity index (χ1n) is 8.71. The van der Waals surface area contributed by atoms with Crippen molar-refractivity contribution < 1.29 is 23.5 Å². The predicted molar refractivity (Wildman–Crippen MR) is 108 cm³/mol. The molecule has 0 fully saturated rings. The quantitative estimate of drug-likeness (QED) is 0.539. The number of thiocarbonyl (C=S) groups is 1. The average molecular weight is 404 g/mol. The van der Waals surface area contributed by atoms with E-state index in [0.717, 1.165) is 5.56 Å². The third-order valence-electron chi connectivity index (χ3n) is 3.58. The van der Waals surface area contributed by atoms with E-state index < -0.39 is 11.9 Å². The van der Waals surface area contributed by atoms with E-state index in [9.17, 15) is 14.0 Å². The van der Waals surface area contributed by atoms with Gasteiger partial charge in [-0.15, -0.1) is 0 Å². The van der Waals surface area contributed by atoms with E-state index in [4.69, 9.17) is 21.7 Å². The number of anilines is 1. The maximum atomic E-state index is 13.0. The highest BCUT2D eigenvalue weighted by atomic mass is 32.1. The van der Waals surface area contributed by atoms with Crippen LogP contribution in [0.15, 0.2) is 42.5 Å². The van der Waals surface area contributed by atoms with E-state index in [1.165, 1.54) is 30.3 Å². The topological polar surface area (TPSA) is 76.7 Å². The Morgan fingerprint density at radius 2 is 1.50 bits per heavy atom. The number of carbonyl (C=O) groups excluding carboxylic acids is 2. The van der Waals surface area contributed by atoms with E-state index in [2.05, 4.69) is 10.6 Å². The summed E-state index contributed by atoms with van der Waals surface area (Å²) >= 11 is 5.25. The van der Waals surface area contributed by atoms with E-state index >= 15 is 0 Å². The number of nitrogens with one attached hydrogen (secondary N) is 2. The molecule has 0 aliphatic carbocycles. The minimum atomic E-state index is -0.554. The zero-order valence-electron chi connectivity index (χ0n) is 15.6. The Labute approximate surface area is 168 Å². The van der Waals surface area contributed by atoms with Gasteiger partial charge in [-0.3, -0.25) is 0 Å². The molecule has 6 nitrogen and oxygen atoms in total. The number of hydrogen-bond acceptors (Lipinski definition) is 5. The Morgan fingerprint density at radius 3 is 2.00 bits per heavy atom. The van der Waals surface area contributed by atoms with Crippen molar-refractivity contribution >= 4 is 35.0 Å². The van der Waals surface area contributed by atoms with Crippen LogP contribution >= 0.6 is 12.2 Å². The molecular formula is C20H21FN2O4S. The molecule has 0 aliphatic rings. The monoisotopic (exact) mass is 404 g/mol. The molecular weight excluding hydrogens is 383 g/mol. The molecule has 2 aromatic rings. The van der Waals surface area contributed by atoms with Crippen LogP contribution in [-0.4, -0.2) is 30.3 Å². The molecule has 0 saturated carbocycles. The van der Waals surface area contributed by atoms with Gasteiger partial charge in [0.05, 0.1) is 24.3 Å². The Kier molecular flexibility index (Phi) is 7.88. The van der Waals surface area contributed by atoms with Crippen LogP contribution < -0.4 is 10.6 Å². The van der Waals surface area contributed by atoms with Crippen molar-refractivity contribution in [3.05, 3.63) is 65.0 Å². The lowest BCUT2D eigenvalue weighted by molar-refractivity contribution is 0.0525. The highest BCUT2D eigenvalue weighted by Gasteiger charge is 2.15. The van der Waals surface area contributed by atoms with E-state index in [1.807, 2.05) is 0 Å². The zero-order valence-corrected chi connectivity index (χ0v) is 16.4. The number of rotatable bonds is 7. The summed E-state index contributed by atoms with van der Waals surface area (Å²) in [5, 5.41) is 6.19. The summed E-state index contributed by atoms with van der Waals surface area (Å²) in [6.07, 6.45) is 0. The van der Waals surface area contributed by atoms with Crippen molar-refractivity contribution in [2.24, 2.45) is 0 Å². The van der Waals surface area contributed by atoms with Crippen molar-refractivity contribution in [1.29, 1.82) is 0 Å². The maximum Gasteiger partial charge on any atom is 0.338 e. The normalized spacial score (nSPS) is 10.1. The van der Waals surface area contributed by atoms with E-state index in [1.54, 1.807) is 26.0 Å². The lowest BCUT2D eigenvalue weighted by atomic mass is 10.1. The van der Waals surface area contributed by atoms with Crippen LogP contribution in [0.3, 0.4) is 0 Å². The van der Waals surface area contributed by atoms with E-state index in [-0.39, 0.29) is 35.3 Å². The molecule has 0 bridgehead atoms. The van der Waals surface area contributed by atoms with Crippen LogP contribution in [0.25, 0.3) is 0 Å². The van der Waals surface area contributed by atoms with Crippen molar-refractivity contribution in [3.8, 4) is 0 Å². The lowest BCUT2D eigenvalue weighted by Crippen LogP contribution is -2.28. The van der Waals surface area contributed by atoms with Gasteiger partial charge in [-0.25, -0.2) is 14.0 Å². The van der Waals surface area contributed by atoms with Gasteiger partial charge in [0.2, 0.25) is 0 Å². The molecule has 28 heavy (non-hydrogen) atoms. The fourth-order valence-electron chi connectivity index (χ4n) is 2.32. The van der Waals surface area contributed by atoms with Crippen LogP contribution in [0.2, 0.25) is 0 Å². The number of esters is 2. The maximum absolute atomic E-state index is 13.0. The van der Waals surface area contributed by atoms with Crippen LogP contribution in [0, 0.1) is 5.82 Å². The molecule has 0 aromatic heterocycles. The van der Waals surface area contributed by atoms with Crippen LogP contribution in [0.5, 0.6) is 0 Å². The SMILES string of the molecule is CCOC(=O)c1cc(NC(=S)NCc2ccc(F)cc2)cc(C(=O)OCC)c1. The van der Waals surface area contributed by atoms with Crippen molar-refractivity contribution in [2.45, 2.75) is 20.4 Å². The van der Waals surface area contributed by atoms with Gasteiger partial charge in [0.1, 0.15) is 5.82 Å². The second kappa shape index (κ2) is 10.4. The van der Waals surface area contributed by atoms with Gasteiger partial charge < -0.3 is 20.1 Å². The minimum Gasteiger partial charge on any atom is -0.462 e. The molecule has 0 saturated heterocycles. The first kappa shape index (κ1) is 21.3. The van der Waals surface area contributed by atoms with Gasteiger partial charge >= 0.3 is 11.9 Å². The molecule has 0 heterocycles. The summed E-state index contributed by atoms with van der Waals surface area (Å²) in [4.78, 5) is 24.1. The first-order valence-corrected chi connectivity index (χ1v) is 9.12. The predicted octanol–water partition coefficient (Wildman–Crippen LogP) is 3.67. The van der Waals surface area contributed by atoms with Crippen LogP contribution in [-0.2, 0) is 16.0 Å². The summed E-state index contributed by atoms with van der Waals surface area (Å²) in [5.41, 5.74) is 1.69. The molecule has 2 N–H and O–H groups in total. The van der Waals surface area contributed by atoms with E-state index in [0.29, 0.717) is 12.2 Å². The zero-order chi connectivity index (χ0) is 20.5. The third-order valence-corrected chi connectivity index (χ3v) is 3.83. The molecule has 0 aliphatic heterocycles. The minimum absolute atomic E-state index is 0.205. The fourth-order valence-corrected chi connectivity index (χ4v) is 2.51. The Bertz CT molecular complexity index is 820. The molecule has 8 heteroatoms. The molecule has 0 spiro atoms. The number of halogens is 1. The van der Waals surface area contributed by atoms with Gasteiger partial charge in [-0.2, -0.15) is 0 Å².